The number of hydrogen-bond acceptors (Lipinski definition) is 4. The third-order valence-corrected chi connectivity index (χ3v) is 3.57. The maximum absolute atomic E-state index is 9.00. The van der Waals surface area contributed by atoms with E-state index >= 15 is 0 Å². The van der Waals surface area contributed by atoms with Gasteiger partial charge in [0.15, 0.2) is 5.82 Å². The molecule has 0 aliphatic heterocycles. The minimum Gasteiger partial charge on any atom is -0.473 e. The topological polar surface area (TPSA) is 63.7 Å². The van der Waals surface area contributed by atoms with Gasteiger partial charge in [-0.15, -0.1) is 0 Å². The first-order valence-corrected chi connectivity index (χ1v) is 7.27. The minimum atomic E-state index is 0.454. The van der Waals surface area contributed by atoms with Gasteiger partial charge in [0.2, 0.25) is 5.88 Å². The quantitative estimate of drug-likeness (QED) is 0.741. The number of aromatic nitrogens is 3. The molecular weight excluding hydrogens is 288 g/mol. The Morgan fingerprint density at radius 3 is 2.78 bits per heavy atom. The maximum atomic E-state index is 9.00. The summed E-state index contributed by atoms with van der Waals surface area (Å²) in [6.45, 7) is 4.59. The Kier molecular flexibility index (Phi) is 4.07. The highest BCUT2D eigenvalue weighted by Crippen LogP contribution is 2.19. The molecule has 0 atom stereocenters. The number of pyridine rings is 1. The molecule has 5 nitrogen and oxygen atoms in total. The van der Waals surface area contributed by atoms with Crippen LogP contribution in [0.25, 0.3) is 5.82 Å². The molecule has 23 heavy (non-hydrogen) atoms. The molecule has 3 aromatic rings. The molecule has 3 rings (SSSR count). The zero-order chi connectivity index (χ0) is 16.2. The Morgan fingerprint density at radius 1 is 1.13 bits per heavy atom. The lowest BCUT2D eigenvalue weighted by Gasteiger charge is -2.11. The number of rotatable bonds is 4. The smallest absolute Gasteiger partial charge is 0.218 e. The number of aryl methyl sites for hydroxylation is 2. The van der Waals surface area contributed by atoms with Crippen molar-refractivity contribution in [3.8, 4) is 17.8 Å². The molecule has 0 aliphatic rings. The molecule has 0 saturated carbocycles. The van der Waals surface area contributed by atoms with Gasteiger partial charge < -0.3 is 4.74 Å². The van der Waals surface area contributed by atoms with Crippen molar-refractivity contribution < 1.29 is 4.74 Å². The maximum Gasteiger partial charge on any atom is 0.218 e. The van der Waals surface area contributed by atoms with Crippen molar-refractivity contribution in [1.82, 2.24) is 14.8 Å². The lowest BCUT2D eigenvalue weighted by atomic mass is 10.1. The van der Waals surface area contributed by atoms with E-state index in [0.29, 0.717) is 23.9 Å². The van der Waals surface area contributed by atoms with E-state index in [-0.39, 0.29) is 0 Å². The van der Waals surface area contributed by atoms with Crippen LogP contribution in [0.5, 0.6) is 5.88 Å². The number of hydrogen-bond donors (Lipinski definition) is 0. The van der Waals surface area contributed by atoms with Crippen LogP contribution in [0.15, 0.2) is 48.8 Å². The summed E-state index contributed by atoms with van der Waals surface area (Å²) in [5.74, 6) is 1.15. The number of nitriles is 1. The normalized spacial score (nSPS) is 10.3. The lowest BCUT2D eigenvalue weighted by molar-refractivity contribution is 0.283. The summed E-state index contributed by atoms with van der Waals surface area (Å²) in [5.41, 5.74) is 4.09. The zero-order valence-corrected chi connectivity index (χ0v) is 13.0. The van der Waals surface area contributed by atoms with E-state index < -0.39 is 0 Å². The van der Waals surface area contributed by atoms with E-state index in [1.807, 2.05) is 0 Å². The standard InChI is InChI=1S/C18H16N4O/c1-13-3-4-16(14(2)9-13)12-23-18-6-8-21-22(18)17-10-15(11-19)5-7-20-17/h3-10H,12H2,1-2H3. The summed E-state index contributed by atoms with van der Waals surface area (Å²) in [6, 6.07) is 13.5. The monoisotopic (exact) mass is 304 g/mol. The summed E-state index contributed by atoms with van der Waals surface area (Å²) in [7, 11) is 0. The molecule has 0 N–H and O–H groups in total. The SMILES string of the molecule is Cc1ccc(COc2ccnn2-c2cc(C#N)ccn2)c(C)c1. The predicted molar refractivity (Wildman–Crippen MR) is 86.3 cm³/mol. The average Bonchev–Trinajstić information content (AvgIpc) is 3.02. The van der Waals surface area contributed by atoms with Gasteiger partial charge >= 0.3 is 0 Å². The molecule has 0 unspecified atom stereocenters. The Morgan fingerprint density at radius 2 is 2.00 bits per heavy atom. The summed E-state index contributed by atoms with van der Waals surface area (Å²) < 4.78 is 7.48. The van der Waals surface area contributed by atoms with E-state index in [2.05, 4.69) is 48.2 Å². The Bertz CT molecular complexity index is 877. The van der Waals surface area contributed by atoms with Gasteiger partial charge in [-0.1, -0.05) is 23.8 Å². The van der Waals surface area contributed by atoms with Crippen molar-refractivity contribution in [2.24, 2.45) is 0 Å². The number of ether oxygens (including phenoxy) is 1. The van der Waals surface area contributed by atoms with Gasteiger partial charge in [0.05, 0.1) is 17.8 Å². The van der Waals surface area contributed by atoms with Gasteiger partial charge in [0.25, 0.3) is 0 Å². The van der Waals surface area contributed by atoms with Gasteiger partial charge in [-0.25, -0.2) is 4.98 Å². The third-order valence-electron chi connectivity index (χ3n) is 3.57. The van der Waals surface area contributed by atoms with Crippen molar-refractivity contribution in [3.05, 3.63) is 71.0 Å². The molecule has 5 heteroatoms. The van der Waals surface area contributed by atoms with Gasteiger partial charge in [-0.2, -0.15) is 15.0 Å². The second kappa shape index (κ2) is 6.32. The lowest BCUT2D eigenvalue weighted by Crippen LogP contribution is -2.05. The highest BCUT2D eigenvalue weighted by Gasteiger charge is 2.09. The summed E-state index contributed by atoms with van der Waals surface area (Å²) in [4.78, 5) is 4.24. The van der Waals surface area contributed by atoms with Gasteiger partial charge in [-0.3, -0.25) is 0 Å². The molecule has 0 fully saturated rings. The third kappa shape index (κ3) is 3.22. The largest absolute Gasteiger partial charge is 0.473 e. The van der Waals surface area contributed by atoms with Crippen LogP contribution in [0.2, 0.25) is 0 Å². The molecule has 0 radical (unpaired) electrons. The van der Waals surface area contributed by atoms with Crippen molar-refractivity contribution in [2.45, 2.75) is 20.5 Å². The van der Waals surface area contributed by atoms with Crippen LogP contribution in [-0.4, -0.2) is 14.8 Å². The summed E-state index contributed by atoms with van der Waals surface area (Å²) in [6.07, 6.45) is 3.24. The molecule has 2 heterocycles. The molecule has 2 aromatic heterocycles. The number of nitrogens with zero attached hydrogens (tertiary/aromatic N) is 4. The van der Waals surface area contributed by atoms with E-state index in [0.717, 1.165) is 5.56 Å². The predicted octanol–water partition coefficient (Wildman–Crippen LogP) is 3.33. The first kappa shape index (κ1) is 14.8. The van der Waals surface area contributed by atoms with Crippen molar-refractivity contribution in [1.29, 1.82) is 5.26 Å². The first-order chi connectivity index (χ1) is 11.2. The van der Waals surface area contributed by atoms with Crippen LogP contribution < -0.4 is 4.74 Å². The van der Waals surface area contributed by atoms with Gasteiger partial charge in [0.1, 0.15) is 6.61 Å². The van der Waals surface area contributed by atoms with Crippen LogP contribution in [0, 0.1) is 25.2 Å². The molecule has 0 amide bonds. The molecule has 1 aromatic carbocycles. The van der Waals surface area contributed by atoms with E-state index in [1.165, 1.54) is 11.1 Å². The van der Waals surface area contributed by atoms with Crippen LogP contribution in [0.1, 0.15) is 22.3 Å². The zero-order valence-electron chi connectivity index (χ0n) is 13.0. The number of benzene rings is 1. The second-order valence-corrected chi connectivity index (χ2v) is 5.31. The van der Waals surface area contributed by atoms with Crippen LogP contribution >= 0.6 is 0 Å². The van der Waals surface area contributed by atoms with Crippen LogP contribution in [0.3, 0.4) is 0 Å². The molecule has 0 bridgehead atoms. The van der Waals surface area contributed by atoms with Crippen LogP contribution in [-0.2, 0) is 6.61 Å². The fourth-order valence-corrected chi connectivity index (χ4v) is 2.34. The highest BCUT2D eigenvalue weighted by atomic mass is 16.5. The first-order valence-electron chi connectivity index (χ1n) is 7.27. The Labute approximate surface area is 134 Å². The summed E-state index contributed by atoms with van der Waals surface area (Å²) >= 11 is 0. The fraction of sp³-hybridized carbons (Fsp3) is 0.167. The highest BCUT2D eigenvalue weighted by molar-refractivity contribution is 5.37. The molecular formula is C18H16N4O. The van der Waals surface area contributed by atoms with Crippen molar-refractivity contribution >= 4 is 0 Å². The van der Waals surface area contributed by atoms with E-state index in [4.69, 9.17) is 10.00 Å². The fourth-order valence-electron chi connectivity index (χ4n) is 2.34. The van der Waals surface area contributed by atoms with Crippen molar-refractivity contribution in [3.63, 3.8) is 0 Å². The van der Waals surface area contributed by atoms with Gasteiger partial charge in [0, 0.05) is 18.3 Å². The Balaban J connectivity index is 1.82. The minimum absolute atomic E-state index is 0.454. The molecule has 0 aliphatic carbocycles. The molecule has 0 saturated heterocycles. The van der Waals surface area contributed by atoms with Gasteiger partial charge in [-0.05, 0) is 31.0 Å². The molecule has 114 valence electrons. The molecule has 0 spiro atoms. The van der Waals surface area contributed by atoms with E-state index in [1.54, 1.807) is 35.3 Å². The summed E-state index contributed by atoms with van der Waals surface area (Å²) in [5, 5.41) is 13.2. The van der Waals surface area contributed by atoms with Crippen LogP contribution in [0.4, 0.5) is 0 Å². The van der Waals surface area contributed by atoms with E-state index in [9.17, 15) is 0 Å². The average molecular weight is 304 g/mol. The van der Waals surface area contributed by atoms with Crippen molar-refractivity contribution in [2.75, 3.05) is 0 Å². The second-order valence-electron chi connectivity index (χ2n) is 5.31. The Hall–Kier alpha value is -3.13.